The van der Waals surface area contributed by atoms with Gasteiger partial charge < -0.3 is 19.7 Å². The number of hydrazone groups is 1. The number of rotatable bonds is 29. The zero-order chi connectivity index (χ0) is 55.0. The number of carbonyl (C=O) groups excluding carboxylic acids is 7. The smallest absolute Gasteiger partial charge is 0.303 e. The van der Waals surface area contributed by atoms with E-state index in [9.17, 15) is 33.6 Å². The lowest BCUT2D eigenvalue weighted by Gasteiger charge is -2.38. The van der Waals surface area contributed by atoms with Crippen LogP contribution in [0.15, 0.2) is 65.1 Å². The number of amides is 5. The van der Waals surface area contributed by atoms with Crippen LogP contribution in [0.25, 0.3) is 0 Å². The molecule has 2 fully saturated rings. The number of benzene rings is 2. The second-order valence-corrected chi connectivity index (χ2v) is 22.9. The molecular weight excluding hydrogens is 991 g/mol. The van der Waals surface area contributed by atoms with Crippen molar-refractivity contribution >= 4 is 70.1 Å². The number of esters is 1. The number of hydrogen-bond acceptors (Lipinski definition) is 14. The van der Waals surface area contributed by atoms with Gasteiger partial charge in [0.1, 0.15) is 16.5 Å². The van der Waals surface area contributed by atoms with Gasteiger partial charge in [-0.05, 0) is 126 Å². The van der Waals surface area contributed by atoms with E-state index in [1.165, 1.54) is 34.9 Å². The lowest BCUT2D eigenvalue weighted by molar-refractivity contribution is -0.150. The number of aromatic nitrogens is 1. The molecule has 75 heavy (non-hydrogen) atoms. The van der Waals surface area contributed by atoms with Crippen molar-refractivity contribution in [3.05, 3.63) is 81.8 Å². The number of nitrogens with one attached hydrogen (secondary N) is 2. The van der Waals surface area contributed by atoms with E-state index in [0.29, 0.717) is 42.5 Å². The predicted octanol–water partition coefficient (Wildman–Crippen LogP) is 8.67. The molecule has 5 amide bonds. The van der Waals surface area contributed by atoms with Crippen LogP contribution in [0.1, 0.15) is 152 Å². The van der Waals surface area contributed by atoms with Crippen molar-refractivity contribution in [2.45, 2.75) is 155 Å². The maximum Gasteiger partial charge on any atom is 0.303 e. The summed E-state index contributed by atoms with van der Waals surface area (Å²) in [6.07, 6.45) is 7.17. The second kappa shape index (κ2) is 28.6. The Morgan fingerprint density at radius 1 is 0.987 bits per heavy atom. The van der Waals surface area contributed by atoms with E-state index < -0.39 is 41.4 Å². The Balaban J connectivity index is 1.19. The first-order chi connectivity index (χ1) is 35.7. The molecule has 2 aliphatic rings. The van der Waals surface area contributed by atoms with Crippen LogP contribution in [-0.4, -0.2) is 130 Å². The molecule has 1 aromatic heterocycles. The van der Waals surface area contributed by atoms with Gasteiger partial charge in [-0.15, -0.1) is 11.3 Å². The van der Waals surface area contributed by atoms with E-state index in [2.05, 4.69) is 20.7 Å². The average Bonchev–Trinajstić information content (AvgIpc) is 4.10. The minimum absolute atomic E-state index is 0.0349. The van der Waals surface area contributed by atoms with Gasteiger partial charge in [0.15, 0.2) is 11.9 Å². The highest BCUT2D eigenvalue weighted by Crippen LogP contribution is 2.35. The number of carbonyl (C=O) groups is 7. The quantitative estimate of drug-likeness (QED) is 0.0221. The van der Waals surface area contributed by atoms with Crippen molar-refractivity contribution < 1.29 is 43.0 Å². The molecule has 3 aromatic rings. The SMILES string of the molecule is CC[C@H](C)[C@H](CC(=O)[C@@]1(C)CCCN1C)C(=O)N(C)[C@H](C[C@@H](OC(C)=O)c1nc(C(=O)N[C@@H](Cc2ccccc2)C[C@H](C)C(=O)N/N=C(/C)c2ccc(OCCCCCN3C(=O)CC(SC)C3=O)cc2)cs1)C(C)C. The number of nitrogens with zero attached hydrogens (tertiary/aromatic N) is 5. The zero-order valence-electron chi connectivity index (χ0n) is 46.0. The Hall–Kier alpha value is -5.46. The molecule has 1 unspecified atom stereocenters. The van der Waals surface area contributed by atoms with Crippen LogP contribution in [0.3, 0.4) is 0 Å². The number of ketones is 1. The summed E-state index contributed by atoms with van der Waals surface area (Å²) < 4.78 is 11.8. The lowest BCUT2D eigenvalue weighted by atomic mass is 9.80. The summed E-state index contributed by atoms with van der Waals surface area (Å²) in [7, 11) is 3.74. The highest BCUT2D eigenvalue weighted by Gasteiger charge is 2.44. The molecule has 2 aromatic carbocycles. The molecule has 0 radical (unpaired) electrons. The Morgan fingerprint density at radius 2 is 1.69 bits per heavy atom. The Morgan fingerprint density at radius 3 is 2.31 bits per heavy atom. The van der Waals surface area contributed by atoms with E-state index >= 15 is 0 Å². The third-order valence-electron chi connectivity index (χ3n) is 15.2. The fraction of sp³-hybridized carbons (Fsp3) is 0.596. The third-order valence-corrected chi connectivity index (χ3v) is 17.1. The molecule has 18 heteroatoms. The number of Topliss-reactive ketones (excluding diaryl/α,β-unsaturated/α-hetero) is 1. The van der Waals surface area contributed by atoms with Gasteiger partial charge in [0.25, 0.3) is 5.91 Å². The van der Waals surface area contributed by atoms with Gasteiger partial charge in [0, 0.05) is 69.1 Å². The summed E-state index contributed by atoms with van der Waals surface area (Å²) in [5.41, 5.74) is 4.62. The summed E-state index contributed by atoms with van der Waals surface area (Å²) in [4.78, 5) is 103. The number of thioether (sulfide) groups is 1. The molecule has 0 spiro atoms. The van der Waals surface area contributed by atoms with Gasteiger partial charge in [-0.25, -0.2) is 10.4 Å². The van der Waals surface area contributed by atoms with Gasteiger partial charge in [0.2, 0.25) is 23.6 Å². The summed E-state index contributed by atoms with van der Waals surface area (Å²) in [5, 5.41) is 9.30. The van der Waals surface area contributed by atoms with Gasteiger partial charge in [-0.2, -0.15) is 16.9 Å². The highest BCUT2D eigenvalue weighted by atomic mass is 32.2. The first-order valence-electron chi connectivity index (χ1n) is 26.6. The van der Waals surface area contributed by atoms with Crippen molar-refractivity contribution in [1.82, 2.24) is 30.4 Å². The maximum absolute atomic E-state index is 14.5. The summed E-state index contributed by atoms with van der Waals surface area (Å²) in [6, 6.07) is 16.3. The van der Waals surface area contributed by atoms with Crippen LogP contribution in [0, 0.1) is 23.7 Å². The third kappa shape index (κ3) is 16.8. The molecule has 5 rings (SSSR count). The summed E-state index contributed by atoms with van der Waals surface area (Å²) in [5.74, 6) is -1.96. The van der Waals surface area contributed by atoms with Crippen molar-refractivity contribution in [2.24, 2.45) is 28.8 Å². The summed E-state index contributed by atoms with van der Waals surface area (Å²) >= 11 is 2.62. The molecular formula is C57H81N7O9S2. The van der Waals surface area contributed by atoms with E-state index in [0.717, 1.165) is 56.2 Å². The van der Waals surface area contributed by atoms with Crippen LogP contribution in [-0.2, 0) is 39.9 Å². The Bertz CT molecular complexity index is 2450. The first-order valence-corrected chi connectivity index (χ1v) is 28.8. The van der Waals surface area contributed by atoms with Gasteiger partial charge in [-0.3, -0.25) is 43.4 Å². The van der Waals surface area contributed by atoms with Crippen molar-refractivity contribution in [3.63, 3.8) is 0 Å². The molecule has 0 aliphatic carbocycles. The van der Waals surface area contributed by atoms with Crippen LogP contribution < -0.4 is 15.5 Å². The molecule has 2 N–H and O–H groups in total. The van der Waals surface area contributed by atoms with Crippen LogP contribution >= 0.6 is 23.1 Å². The van der Waals surface area contributed by atoms with Crippen molar-refractivity contribution in [2.75, 3.05) is 40.0 Å². The molecule has 0 saturated carbocycles. The Kier molecular flexibility index (Phi) is 23.0. The highest BCUT2D eigenvalue weighted by molar-refractivity contribution is 8.00. The standard InChI is InChI=1S/C57H81N7O9S2/c1-12-37(4)45(32-50(66)57(8)26-19-27-62(57)9)55(70)63(10)47(36(2)3)33-48(73-40(7)65)54-59-46(35-75-54)53(69)58-43(31-41-20-15-13-16-21-41)30-38(5)52(68)61-60-39(6)42-22-24-44(25-23-42)72-29-18-14-17-28-64-51(67)34-49(74-11)56(64)71/h13,15-16,20-25,35-38,43,45,47-49H,12,14,17-19,26-34H2,1-11H3,(H,58,69)(H,61,68)/b60-39-/t37-,38-,43+,45-,47+,48+,49?,57+/m0/s1. The van der Waals surface area contributed by atoms with Crippen molar-refractivity contribution in [1.29, 1.82) is 0 Å². The lowest BCUT2D eigenvalue weighted by Crippen LogP contribution is -2.50. The normalized spacial score (nSPS) is 19.5. The molecule has 8 atom stereocenters. The number of unbranched alkanes of at least 4 members (excludes halogenated alkanes) is 2. The van der Waals surface area contributed by atoms with Crippen LogP contribution in [0.2, 0.25) is 0 Å². The number of ether oxygens (including phenoxy) is 2. The molecule has 2 saturated heterocycles. The number of likely N-dealkylation sites (tertiary alicyclic amines) is 2. The number of likely N-dealkylation sites (N-methyl/N-ethyl adjacent to an activating group) is 1. The summed E-state index contributed by atoms with van der Waals surface area (Å²) in [6.45, 7) is 16.7. The van der Waals surface area contributed by atoms with E-state index in [4.69, 9.17) is 14.5 Å². The largest absolute Gasteiger partial charge is 0.494 e. The van der Waals surface area contributed by atoms with E-state index in [1.54, 1.807) is 31.2 Å². The maximum atomic E-state index is 14.5. The van der Waals surface area contributed by atoms with Gasteiger partial charge in [-0.1, -0.05) is 71.4 Å². The van der Waals surface area contributed by atoms with Crippen molar-refractivity contribution in [3.8, 4) is 5.75 Å². The topological polar surface area (TPSA) is 197 Å². The van der Waals surface area contributed by atoms with Crippen LogP contribution in [0.4, 0.5) is 0 Å². The van der Waals surface area contributed by atoms with Gasteiger partial charge >= 0.3 is 5.97 Å². The van der Waals surface area contributed by atoms with Crippen LogP contribution in [0.5, 0.6) is 5.75 Å². The Labute approximate surface area is 452 Å². The molecule has 410 valence electrons. The zero-order valence-corrected chi connectivity index (χ0v) is 47.7. The fourth-order valence-electron chi connectivity index (χ4n) is 9.95. The number of hydrogen-bond donors (Lipinski definition) is 2. The fourth-order valence-corrected chi connectivity index (χ4v) is 11.4. The predicted molar refractivity (Wildman–Crippen MR) is 295 cm³/mol. The minimum Gasteiger partial charge on any atom is -0.494 e. The minimum atomic E-state index is -0.852. The van der Waals surface area contributed by atoms with E-state index in [1.807, 2.05) is 103 Å². The molecule has 16 nitrogen and oxygen atoms in total. The molecule has 2 aliphatic heterocycles. The molecule has 3 heterocycles. The number of thiazole rings is 1. The van der Waals surface area contributed by atoms with E-state index in [-0.39, 0.29) is 77.5 Å². The molecule has 0 bridgehead atoms. The average molecular weight is 1070 g/mol. The second-order valence-electron chi connectivity index (χ2n) is 21.0. The number of imide groups is 1. The monoisotopic (exact) mass is 1070 g/mol. The van der Waals surface area contributed by atoms with Gasteiger partial charge in [0.05, 0.1) is 23.1 Å². The first kappa shape index (κ1) is 60.4.